The van der Waals surface area contributed by atoms with E-state index in [1.54, 1.807) is 24.0 Å². The van der Waals surface area contributed by atoms with Gasteiger partial charge in [-0.05, 0) is 25.5 Å². The van der Waals surface area contributed by atoms with Crippen molar-refractivity contribution in [3.63, 3.8) is 0 Å². The Kier molecular flexibility index (Phi) is 3.83. The predicted molar refractivity (Wildman–Crippen MR) is 100 cm³/mol. The van der Waals surface area contributed by atoms with Crippen LogP contribution in [0.15, 0.2) is 12.1 Å². The molecular formula is C20H20F2N4O3. The van der Waals surface area contributed by atoms with Crippen LogP contribution >= 0.6 is 0 Å². The van der Waals surface area contributed by atoms with Gasteiger partial charge in [-0.3, -0.25) is 4.79 Å². The largest absolute Gasteiger partial charge is 0.493 e. The Labute approximate surface area is 165 Å². The number of nitrogens with zero attached hydrogens (tertiary/aromatic N) is 3. The number of nitrogens with two attached hydrogens (primary N) is 1. The molecule has 0 radical (unpaired) electrons. The predicted octanol–water partition coefficient (Wildman–Crippen LogP) is 1.78. The molecule has 1 fully saturated rings. The van der Waals surface area contributed by atoms with Crippen LogP contribution in [-0.4, -0.2) is 46.3 Å². The van der Waals surface area contributed by atoms with Crippen LogP contribution in [0.3, 0.4) is 0 Å². The number of halogens is 2. The number of aliphatic hydroxyl groups is 1. The summed E-state index contributed by atoms with van der Waals surface area (Å²) in [6, 6.07) is 3.07. The average Bonchev–Trinajstić information content (AvgIpc) is 3.28. The van der Waals surface area contributed by atoms with E-state index in [0.29, 0.717) is 41.2 Å². The number of carbonyl (C=O) groups is 1. The zero-order chi connectivity index (χ0) is 20.5. The number of rotatable bonds is 3. The summed E-state index contributed by atoms with van der Waals surface area (Å²) in [6.07, 6.45) is -0.177. The van der Waals surface area contributed by atoms with Gasteiger partial charge in [-0.15, -0.1) is 0 Å². The molecule has 152 valence electrons. The lowest BCUT2D eigenvalue weighted by molar-refractivity contribution is -0.00603. The summed E-state index contributed by atoms with van der Waals surface area (Å²) in [5.74, 6) is -2.96. The third kappa shape index (κ3) is 2.67. The molecule has 0 saturated carbocycles. The zero-order valence-corrected chi connectivity index (χ0v) is 15.8. The SMILES string of the molecule is C[C@H]1[C@H](O)CN1c1nc(-c2cc3c(c(C(N)=O)c2)CCO3)c2c(n1)C(F)(F)CC2. The van der Waals surface area contributed by atoms with Gasteiger partial charge in [0.1, 0.15) is 11.4 Å². The van der Waals surface area contributed by atoms with Gasteiger partial charge >= 0.3 is 0 Å². The Morgan fingerprint density at radius 3 is 2.79 bits per heavy atom. The van der Waals surface area contributed by atoms with Crippen molar-refractivity contribution in [2.24, 2.45) is 5.73 Å². The number of amides is 1. The van der Waals surface area contributed by atoms with E-state index in [1.165, 1.54) is 0 Å². The Morgan fingerprint density at radius 1 is 1.31 bits per heavy atom. The molecule has 0 spiro atoms. The van der Waals surface area contributed by atoms with E-state index in [1.807, 2.05) is 0 Å². The van der Waals surface area contributed by atoms with Crippen molar-refractivity contribution in [1.29, 1.82) is 0 Å². The van der Waals surface area contributed by atoms with Crippen LogP contribution in [0.2, 0.25) is 0 Å². The second kappa shape index (κ2) is 6.09. The van der Waals surface area contributed by atoms with Gasteiger partial charge in [0, 0.05) is 41.6 Å². The van der Waals surface area contributed by atoms with Crippen LogP contribution in [0, 0.1) is 0 Å². The molecule has 9 heteroatoms. The fourth-order valence-corrected chi connectivity index (χ4v) is 4.28. The molecular weight excluding hydrogens is 382 g/mol. The van der Waals surface area contributed by atoms with Crippen molar-refractivity contribution in [3.8, 4) is 17.0 Å². The van der Waals surface area contributed by atoms with E-state index >= 15 is 0 Å². The van der Waals surface area contributed by atoms with Crippen LogP contribution in [0.4, 0.5) is 14.7 Å². The van der Waals surface area contributed by atoms with Crippen LogP contribution < -0.4 is 15.4 Å². The maximum atomic E-state index is 14.5. The van der Waals surface area contributed by atoms with Crippen LogP contribution in [0.1, 0.15) is 40.5 Å². The molecule has 1 amide bonds. The van der Waals surface area contributed by atoms with E-state index in [2.05, 4.69) is 9.97 Å². The quantitative estimate of drug-likeness (QED) is 0.812. The molecule has 2 atom stereocenters. The first kappa shape index (κ1) is 18.2. The fraction of sp³-hybridized carbons (Fsp3) is 0.450. The van der Waals surface area contributed by atoms with Crippen molar-refractivity contribution in [3.05, 3.63) is 34.5 Å². The first-order valence-electron chi connectivity index (χ1n) is 9.60. The third-order valence-electron chi connectivity index (χ3n) is 6.08. The highest BCUT2D eigenvalue weighted by atomic mass is 19.3. The lowest BCUT2D eigenvalue weighted by Gasteiger charge is -2.43. The van der Waals surface area contributed by atoms with Crippen LogP contribution in [0.25, 0.3) is 11.3 Å². The summed E-state index contributed by atoms with van der Waals surface area (Å²) < 4.78 is 34.7. The standard InChI is InChI=1S/C20H20F2N4O3/c1-9-14(27)8-26(9)19-24-16(12-2-4-20(21,22)17(12)25-19)10-6-13(18(23)28)11-3-5-29-15(11)7-10/h6-7,9,14,27H,2-5,8H2,1H3,(H2,23,28)/t9-,14+/m0/s1. The lowest BCUT2D eigenvalue weighted by Crippen LogP contribution is -2.59. The Hall–Kier alpha value is -2.81. The topological polar surface area (TPSA) is 102 Å². The monoisotopic (exact) mass is 402 g/mol. The lowest BCUT2D eigenvalue weighted by atomic mass is 9.97. The number of hydrogen-bond donors (Lipinski definition) is 2. The highest BCUT2D eigenvalue weighted by Crippen LogP contribution is 2.46. The number of anilines is 1. The van der Waals surface area contributed by atoms with Crippen molar-refractivity contribution >= 4 is 11.9 Å². The van der Waals surface area contributed by atoms with Gasteiger partial charge < -0.3 is 20.5 Å². The van der Waals surface area contributed by atoms with E-state index in [4.69, 9.17) is 10.5 Å². The van der Waals surface area contributed by atoms with E-state index < -0.39 is 17.9 Å². The van der Waals surface area contributed by atoms with Gasteiger partial charge in [0.2, 0.25) is 11.9 Å². The van der Waals surface area contributed by atoms with Gasteiger partial charge in [0.05, 0.1) is 24.4 Å². The smallest absolute Gasteiger partial charge is 0.290 e. The van der Waals surface area contributed by atoms with Crippen molar-refractivity contribution in [2.45, 2.75) is 44.3 Å². The summed E-state index contributed by atoms with van der Waals surface area (Å²) in [7, 11) is 0. The summed E-state index contributed by atoms with van der Waals surface area (Å²) in [6.45, 7) is 2.51. The molecule has 3 aliphatic rings. The Balaban J connectivity index is 1.71. The number of β-amino-alcohol motifs (C(OH)–C–C–N with tert-alkyl or cyclic N) is 1. The molecule has 3 heterocycles. The third-order valence-corrected chi connectivity index (χ3v) is 6.08. The van der Waals surface area contributed by atoms with E-state index in [0.717, 1.165) is 5.56 Å². The number of primary amides is 1. The van der Waals surface area contributed by atoms with Gasteiger partial charge in [0.15, 0.2) is 0 Å². The van der Waals surface area contributed by atoms with Gasteiger partial charge in [0.25, 0.3) is 5.92 Å². The van der Waals surface area contributed by atoms with E-state index in [-0.39, 0.29) is 37.1 Å². The average molecular weight is 402 g/mol. The highest BCUT2D eigenvalue weighted by Gasteiger charge is 2.45. The second-order valence-electron chi connectivity index (χ2n) is 7.83. The number of ether oxygens (including phenoxy) is 1. The van der Waals surface area contributed by atoms with Crippen molar-refractivity contribution in [1.82, 2.24) is 9.97 Å². The Bertz CT molecular complexity index is 1040. The van der Waals surface area contributed by atoms with Gasteiger partial charge in [-0.2, -0.15) is 8.78 Å². The maximum absolute atomic E-state index is 14.5. The van der Waals surface area contributed by atoms with Crippen molar-refractivity contribution < 1.29 is 23.4 Å². The molecule has 1 aromatic heterocycles. The summed E-state index contributed by atoms with van der Waals surface area (Å²) >= 11 is 0. The van der Waals surface area contributed by atoms with Crippen molar-refractivity contribution in [2.75, 3.05) is 18.1 Å². The molecule has 7 nitrogen and oxygen atoms in total. The first-order valence-corrected chi connectivity index (χ1v) is 9.60. The molecule has 3 N–H and O–H groups in total. The molecule has 1 aromatic carbocycles. The second-order valence-corrected chi connectivity index (χ2v) is 7.83. The summed E-state index contributed by atoms with van der Waals surface area (Å²) in [5, 5.41) is 9.82. The molecule has 2 aliphatic heterocycles. The van der Waals surface area contributed by atoms with Crippen LogP contribution in [0.5, 0.6) is 5.75 Å². The Morgan fingerprint density at radius 2 is 2.10 bits per heavy atom. The van der Waals surface area contributed by atoms with Gasteiger partial charge in [-0.1, -0.05) is 0 Å². The van der Waals surface area contributed by atoms with Crippen LogP contribution in [-0.2, 0) is 18.8 Å². The maximum Gasteiger partial charge on any atom is 0.290 e. The zero-order valence-electron chi connectivity index (χ0n) is 15.8. The number of carbonyl (C=O) groups excluding carboxylic acids is 1. The number of alkyl halides is 2. The fourth-order valence-electron chi connectivity index (χ4n) is 4.28. The van der Waals surface area contributed by atoms with Gasteiger partial charge in [-0.25, -0.2) is 9.97 Å². The number of aromatic nitrogens is 2. The summed E-state index contributed by atoms with van der Waals surface area (Å²) in [5.41, 5.74) is 7.56. The molecule has 1 saturated heterocycles. The van der Waals surface area contributed by atoms with E-state index in [9.17, 15) is 18.7 Å². The summed E-state index contributed by atoms with van der Waals surface area (Å²) in [4.78, 5) is 22.4. The minimum Gasteiger partial charge on any atom is -0.493 e. The molecule has 29 heavy (non-hydrogen) atoms. The number of aliphatic hydroxyl groups excluding tert-OH is 1. The number of benzene rings is 1. The molecule has 0 bridgehead atoms. The molecule has 5 rings (SSSR count). The molecule has 0 unspecified atom stereocenters. The molecule has 1 aliphatic carbocycles. The minimum absolute atomic E-state index is 0.139. The highest BCUT2D eigenvalue weighted by molar-refractivity contribution is 5.97. The number of hydrogen-bond acceptors (Lipinski definition) is 6. The minimum atomic E-state index is -3.05. The normalized spacial score (nSPS) is 23.9. The number of fused-ring (bicyclic) bond motifs is 2. The first-order chi connectivity index (χ1) is 13.8. The molecule has 2 aromatic rings.